The number of hydrogen-bond donors (Lipinski definition) is 1. The van der Waals surface area contributed by atoms with Gasteiger partial charge in [0.2, 0.25) is 0 Å². The van der Waals surface area contributed by atoms with Crippen LogP contribution in [0.15, 0.2) is 24.3 Å². The van der Waals surface area contributed by atoms with E-state index in [9.17, 15) is 0 Å². The zero-order valence-electron chi connectivity index (χ0n) is 10.6. The number of thioether (sulfide) groups is 1. The van der Waals surface area contributed by atoms with Crippen molar-refractivity contribution in [2.24, 2.45) is 0 Å². The van der Waals surface area contributed by atoms with Crippen LogP contribution in [0.5, 0.6) is 5.75 Å². The number of benzene rings is 1. The minimum absolute atomic E-state index is 0.637. The molecule has 1 N–H and O–H groups in total. The van der Waals surface area contributed by atoms with Crippen molar-refractivity contribution in [3.8, 4) is 17.1 Å². The molecule has 98 valence electrons. The molecule has 0 radical (unpaired) electrons. The fraction of sp³-hybridized carbons (Fsp3) is 0.286. The zero-order valence-corrected chi connectivity index (χ0v) is 12.2. The first-order chi connectivity index (χ1) is 9.29. The molecule has 0 unspecified atom stereocenters. The van der Waals surface area contributed by atoms with Crippen molar-refractivity contribution in [1.82, 2.24) is 9.97 Å². The molecule has 19 heavy (non-hydrogen) atoms. The fourth-order valence-corrected chi connectivity index (χ4v) is 3.59. The monoisotopic (exact) mass is 290 g/mol. The van der Waals surface area contributed by atoms with Gasteiger partial charge in [-0.05, 0) is 19.1 Å². The number of aromatic amines is 1. The predicted octanol–water partition coefficient (Wildman–Crippen LogP) is 3.95. The van der Waals surface area contributed by atoms with Gasteiger partial charge in [-0.25, -0.2) is 4.98 Å². The summed E-state index contributed by atoms with van der Waals surface area (Å²) in [5, 5.41) is 0. The Kier molecular flexibility index (Phi) is 3.57. The molecule has 0 fully saturated rings. The van der Waals surface area contributed by atoms with E-state index in [-0.39, 0.29) is 0 Å². The second kappa shape index (κ2) is 5.35. The Balaban J connectivity index is 2.13. The highest BCUT2D eigenvalue weighted by Crippen LogP contribution is 2.32. The molecule has 0 amide bonds. The Morgan fingerprint density at radius 3 is 3.05 bits per heavy atom. The van der Waals surface area contributed by atoms with E-state index in [2.05, 4.69) is 9.97 Å². The maximum Gasteiger partial charge on any atom is 0.142 e. The molecule has 0 saturated heterocycles. The Bertz CT molecular complexity index is 667. The number of hydrogen-bond acceptors (Lipinski definition) is 4. The second-order valence-electron chi connectivity index (χ2n) is 4.27. The molecule has 1 aromatic carbocycles. The topological polar surface area (TPSA) is 37.9 Å². The molecule has 5 heteroatoms. The maximum atomic E-state index is 5.65. The lowest BCUT2D eigenvalue weighted by Gasteiger charge is -2.10. The van der Waals surface area contributed by atoms with Gasteiger partial charge in [-0.1, -0.05) is 24.4 Å². The van der Waals surface area contributed by atoms with Gasteiger partial charge in [0.25, 0.3) is 0 Å². The summed E-state index contributed by atoms with van der Waals surface area (Å²) >= 11 is 7.26. The van der Waals surface area contributed by atoms with Crippen molar-refractivity contribution >= 4 is 24.0 Å². The summed E-state index contributed by atoms with van der Waals surface area (Å²) in [6.45, 7) is 2.62. The van der Waals surface area contributed by atoms with Gasteiger partial charge in [-0.2, -0.15) is 11.8 Å². The van der Waals surface area contributed by atoms with Crippen molar-refractivity contribution in [2.45, 2.75) is 18.4 Å². The lowest BCUT2D eigenvalue weighted by Crippen LogP contribution is -2.00. The highest BCUT2D eigenvalue weighted by Gasteiger charge is 2.17. The predicted molar refractivity (Wildman–Crippen MR) is 81.0 cm³/mol. The first-order valence-electron chi connectivity index (χ1n) is 6.21. The largest absolute Gasteiger partial charge is 0.493 e. The summed E-state index contributed by atoms with van der Waals surface area (Å²) in [4.78, 5) is 7.93. The van der Waals surface area contributed by atoms with Crippen molar-refractivity contribution in [3.63, 3.8) is 0 Å². The van der Waals surface area contributed by atoms with Gasteiger partial charge in [0, 0.05) is 22.8 Å². The number of rotatable bonds is 3. The van der Waals surface area contributed by atoms with Crippen LogP contribution in [0.4, 0.5) is 0 Å². The number of H-pyrrole nitrogens is 1. The van der Waals surface area contributed by atoms with E-state index in [4.69, 9.17) is 17.0 Å². The minimum Gasteiger partial charge on any atom is -0.493 e. The van der Waals surface area contributed by atoms with E-state index < -0.39 is 0 Å². The first kappa shape index (κ1) is 12.7. The van der Waals surface area contributed by atoms with E-state index in [1.807, 2.05) is 43.0 Å². The molecule has 3 rings (SSSR count). The summed E-state index contributed by atoms with van der Waals surface area (Å²) in [5.41, 5.74) is 3.35. The molecule has 0 spiro atoms. The third-order valence-electron chi connectivity index (χ3n) is 3.04. The van der Waals surface area contributed by atoms with Crippen molar-refractivity contribution in [1.29, 1.82) is 0 Å². The molecule has 1 aromatic heterocycles. The van der Waals surface area contributed by atoms with Gasteiger partial charge in [0.15, 0.2) is 0 Å². The quantitative estimate of drug-likeness (QED) is 0.869. The molecular weight excluding hydrogens is 276 g/mol. The van der Waals surface area contributed by atoms with Crippen LogP contribution in [0.3, 0.4) is 0 Å². The standard InChI is InChI=1S/C14H14N2OS2/c1-2-17-12-6-4-3-5-9(12)13-15-11-8-19-7-10(11)14(18)16-13/h3-6H,2,7-8H2,1H3,(H,15,16,18). The average Bonchev–Trinajstić information content (AvgIpc) is 2.88. The van der Waals surface area contributed by atoms with Crippen LogP contribution in [-0.4, -0.2) is 16.6 Å². The molecule has 1 aliphatic rings. The Labute approximate surface area is 121 Å². The molecule has 0 aliphatic carbocycles. The number of nitrogens with one attached hydrogen (secondary N) is 1. The summed E-state index contributed by atoms with van der Waals surface area (Å²) in [6.07, 6.45) is 0. The Morgan fingerprint density at radius 2 is 2.21 bits per heavy atom. The maximum absolute atomic E-state index is 5.65. The molecule has 1 aliphatic heterocycles. The number of ether oxygens (including phenoxy) is 1. The number of fused-ring (bicyclic) bond motifs is 1. The third-order valence-corrected chi connectivity index (χ3v) is 4.36. The van der Waals surface area contributed by atoms with Gasteiger partial charge >= 0.3 is 0 Å². The first-order valence-corrected chi connectivity index (χ1v) is 7.78. The van der Waals surface area contributed by atoms with Crippen LogP contribution >= 0.6 is 24.0 Å². The van der Waals surface area contributed by atoms with Gasteiger partial charge in [-0.15, -0.1) is 0 Å². The number of nitrogens with zero attached hydrogens (tertiary/aromatic N) is 1. The van der Waals surface area contributed by atoms with E-state index in [0.717, 1.165) is 28.6 Å². The molecule has 3 nitrogen and oxygen atoms in total. The summed E-state index contributed by atoms with van der Waals surface area (Å²) in [5.74, 6) is 3.58. The minimum atomic E-state index is 0.637. The van der Waals surface area contributed by atoms with Crippen LogP contribution in [-0.2, 0) is 11.5 Å². The van der Waals surface area contributed by atoms with Crippen LogP contribution in [0, 0.1) is 4.64 Å². The molecular formula is C14H14N2OS2. The van der Waals surface area contributed by atoms with Crippen LogP contribution in [0.2, 0.25) is 0 Å². The molecule has 0 bridgehead atoms. The second-order valence-corrected chi connectivity index (χ2v) is 5.64. The molecule has 2 aromatic rings. The Hall–Kier alpha value is -1.33. The highest BCUT2D eigenvalue weighted by molar-refractivity contribution is 7.98. The smallest absolute Gasteiger partial charge is 0.142 e. The molecule has 0 saturated carbocycles. The normalized spacial score (nSPS) is 13.3. The third kappa shape index (κ3) is 2.40. The van der Waals surface area contributed by atoms with Crippen molar-refractivity contribution in [2.75, 3.05) is 6.61 Å². The summed E-state index contributed by atoms with van der Waals surface area (Å²) < 4.78 is 6.36. The lowest BCUT2D eigenvalue weighted by molar-refractivity contribution is 0.341. The summed E-state index contributed by atoms with van der Waals surface area (Å²) in [7, 11) is 0. The average molecular weight is 290 g/mol. The summed E-state index contributed by atoms with van der Waals surface area (Å²) in [6, 6.07) is 7.91. The fourth-order valence-electron chi connectivity index (χ4n) is 2.14. The van der Waals surface area contributed by atoms with Gasteiger partial charge in [0.05, 0.1) is 12.2 Å². The van der Waals surface area contributed by atoms with Crippen molar-refractivity contribution < 1.29 is 4.74 Å². The van der Waals surface area contributed by atoms with Gasteiger partial charge in [0.1, 0.15) is 16.2 Å². The van der Waals surface area contributed by atoms with Crippen LogP contribution in [0.25, 0.3) is 11.4 Å². The van der Waals surface area contributed by atoms with Crippen LogP contribution < -0.4 is 4.74 Å². The Morgan fingerprint density at radius 1 is 1.37 bits per heavy atom. The van der Waals surface area contributed by atoms with Crippen molar-refractivity contribution in [3.05, 3.63) is 40.2 Å². The number of aromatic nitrogens is 2. The van der Waals surface area contributed by atoms with E-state index in [1.165, 1.54) is 11.3 Å². The van der Waals surface area contributed by atoms with Crippen LogP contribution in [0.1, 0.15) is 18.2 Å². The molecule has 0 atom stereocenters. The number of para-hydroxylation sites is 1. The van der Waals surface area contributed by atoms with E-state index in [0.29, 0.717) is 11.2 Å². The van der Waals surface area contributed by atoms with Gasteiger partial charge < -0.3 is 9.72 Å². The highest BCUT2D eigenvalue weighted by atomic mass is 32.2. The van der Waals surface area contributed by atoms with Gasteiger partial charge in [-0.3, -0.25) is 0 Å². The van der Waals surface area contributed by atoms with E-state index >= 15 is 0 Å². The lowest BCUT2D eigenvalue weighted by atomic mass is 10.1. The zero-order chi connectivity index (χ0) is 13.2. The SMILES string of the molecule is CCOc1ccccc1-c1nc(=S)c2c([nH]1)CSC2. The molecule has 2 heterocycles. The van der Waals surface area contributed by atoms with E-state index in [1.54, 1.807) is 0 Å².